The topological polar surface area (TPSA) is 72.6 Å². The van der Waals surface area contributed by atoms with Gasteiger partial charge in [-0.1, -0.05) is 0 Å². The number of nitrogens with zero attached hydrogens (tertiary/aromatic N) is 1. The number of nitrogens with two attached hydrogens (primary N) is 1. The average Bonchev–Trinajstić information content (AvgIpc) is 2.38. The highest BCUT2D eigenvalue weighted by Crippen LogP contribution is 2.19. The second-order valence-electron chi connectivity index (χ2n) is 5.75. The monoisotopic (exact) mass is 290 g/mol. The summed E-state index contributed by atoms with van der Waals surface area (Å²) in [5.41, 5.74) is 5.86. The van der Waals surface area contributed by atoms with Gasteiger partial charge in [-0.05, 0) is 32.1 Å². The second-order valence-corrected chi connectivity index (χ2v) is 8.06. The van der Waals surface area contributed by atoms with Crippen LogP contribution in [0.1, 0.15) is 32.1 Å². The van der Waals surface area contributed by atoms with Gasteiger partial charge in [-0.25, -0.2) is 8.42 Å². The summed E-state index contributed by atoms with van der Waals surface area (Å²) in [5.74, 6) is 0.628. The molecule has 0 unspecified atom stereocenters. The smallest absolute Gasteiger partial charge is 0.152 e. The maximum atomic E-state index is 11.3. The summed E-state index contributed by atoms with van der Waals surface area (Å²) in [6.07, 6.45) is 5.71. The standard InChI is InChI=1S/C13H26N2O3S/c14-12-2-4-13(5-3-12)18-9-1-6-15-7-10-19(16,17)11-8-15/h12-13H,1-11,14H2. The Labute approximate surface area is 116 Å². The molecule has 0 radical (unpaired) electrons. The van der Waals surface area contributed by atoms with Gasteiger partial charge in [-0.3, -0.25) is 0 Å². The molecule has 1 saturated heterocycles. The Kier molecular flexibility index (Phi) is 5.62. The Hall–Kier alpha value is -0.170. The molecule has 1 aliphatic heterocycles. The molecule has 6 heteroatoms. The van der Waals surface area contributed by atoms with Gasteiger partial charge < -0.3 is 15.4 Å². The fourth-order valence-electron chi connectivity index (χ4n) is 2.77. The van der Waals surface area contributed by atoms with Crippen LogP contribution in [0.4, 0.5) is 0 Å². The van der Waals surface area contributed by atoms with Crippen LogP contribution < -0.4 is 5.73 Å². The van der Waals surface area contributed by atoms with Crippen LogP contribution in [0.2, 0.25) is 0 Å². The van der Waals surface area contributed by atoms with Crippen molar-refractivity contribution < 1.29 is 13.2 Å². The van der Waals surface area contributed by atoms with Crippen molar-refractivity contribution in [2.45, 2.75) is 44.2 Å². The maximum Gasteiger partial charge on any atom is 0.152 e. The van der Waals surface area contributed by atoms with Crippen LogP contribution in [0, 0.1) is 0 Å². The zero-order valence-electron chi connectivity index (χ0n) is 11.6. The average molecular weight is 290 g/mol. The van der Waals surface area contributed by atoms with Gasteiger partial charge in [0, 0.05) is 32.3 Å². The molecule has 19 heavy (non-hydrogen) atoms. The van der Waals surface area contributed by atoms with Crippen molar-refractivity contribution in [2.24, 2.45) is 5.73 Å². The molecule has 112 valence electrons. The molecule has 1 saturated carbocycles. The highest BCUT2D eigenvalue weighted by Gasteiger charge is 2.21. The predicted molar refractivity (Wildman–Crippen MR) is 75.9 cm³/mol. The highest BCUT2D eigenvalue weighted by atomic mass is 32.2. The van der Waals surface area contributed by atoms with Gasteiger partial charge in [-0.15, -0.1) is 0 Å². The Morgan fingerprint density at radius 3 is 2.37 bits per heavy atom. The van der Waals surface area contributed by atoms with Crippen molar-refractivity contribution in [2.75, 3.05) is 37.7 Å². The van der Waals surface area contributed by atoms with Crippen LogP contribution in [0.25, 0.3) is 0 Å². The van der Waals surface area contributed by atoms with Crippen LogP contribution >= 0.6 is 0 Å². The molecule has 0 aromatic heterocycles. The minimum absolute atomic E-state index is 0.314. The Balaban J connectivity index is 1.53. The van der Waals surface area contributed by atoms with Crippen LogP contribution in [0.15, 0.2) is 0 Å². The summed E-state index contributed by atoms with van der Waals surface area (Å²) < 4.78 is 28.5. The fourth-order valence-corrected chi connectivity index (χ4v) is 4.04. The predicted octanol–water partition coefficient (Wildman–Crippen LogP) is 0.393. The molecule has 2 aliphatic rings. The zero-order chi connectivity index (χ0) is 13.7. The van der Waals surface area contributed by atoms with E-state index in [0.29, 0.717) is 36.7 Å². The Morgan fingerprint density at radius 1 is 1.11 bits per heavy atom. The van der Waals surface area contributed by atoms with Gasteiger partial charge >= 0.3 is 0 Å². The third-order valence-electron chi connectivity index (χ3n) is 4.13. The zero-order valence-corrected chi connectivity index (χ0v) is 12.4. The number of ether oxygens (including phenoxy) is 1. The lowest BCUT2D eigenvalue weighted by molar-refractivity contribution is 0.0207. The van der Waals surface area contributed by atoms with E-state index in [1.54, 1.807) is 0 Å². The minimum Gasteiger partial charge on any atom is -0.378 e. The lowest BCUT2D eigenvalue weighted by Crippen LogP contribution is -2.41. The van der Waals surface area contributed by atoms with Crippen LogP contribution in [-0.4, -0.2) is 63.2 Å². The summed E-state index contributed by atoms with van der Waals surface area (Å²) in [7, 11) is -2.75. The molecule has 0 aromatic carbocycles. The van der Waals surface area contributed by atoms with E-state index in [0.717, 1.165) is 45.3 Å². The van der Waals surface area contributed by atoms with E-state index in [9.17, 15) is 8.42 Å². The third-order valence-corrected chi connectivity index (χ3v) is 5.74. The van der Waals surface area contributed by atoms with Crippen molar-refractivity contribution in [3.8, 4) is 0 Å². The van der Waals surface area contributed by atoms with Crippen molar-refractivity contribution in [1.29, 1.82) is 0 Å². The van der Waals surface area contributed by atoms with Gasteiger partial charge in [0.05, 0.1) is 17.6 Å². The Morgan fingerprint density at radius 2 is 1.74 bits per heavy atom. The van der Waals surface area contributed by atoms with Crippen LogP contribution in [0.3, 0.4) is 0 Å². The van der Waals surface area contributed by atoms with Gasteiger partial charge in [0.1, 0.15) is 0 Å². The van der Waals surface area contributed by atoms with E-state index >= 15 is 0 Å². The van der Waals surface area contributed by atoms with Crippen molar-refractivity contribution in [3.05, 3.63) is 0 Å². The van der Waals surface area contributed by atoms with E-state index in [4.69, 9.17) is 10.5 Å². The summed E-state index contributed by atoms with van der Waals surface area (Å²) in [6, 6.07) is 0.371. The van der Waals surface area contributed by atoms with Crippen LogP contribution in [-0.2, 0) is 14.6 Å². The lowest BCUT2D eigenvalue weighted by atomic mass is 9.94. The number of rotatable bonds is 5. The summed E-state index contributed by atoms with van der Waals surface area (Å²) in [5, 5.41) is 0. The van der Waals surface area contributed by atoms with E-state index in [1.165, 1.54) is 0 Å². The van der Waals surface area contributed by atoms with E-state index in [-0.39, 0.29) is 0 Å². The summed E-state index contributed by atoms with van der Waals surface area (Å²) in [4.78, 5) is 2.22. The third kappa shape index (κ3) is 5.38. The van der Waals surface area contributed by atoms with Gasteiger partial charge in [0.15, 0.2) is 9.84 Å². The molecule has 2 rings (SSSR count). The summed E-state index contributed by atoms with van der Waals surface area (Å²) >= 11 is 0. The van der Waals surface area contributed by atoms with Gasteiger partial charge in [0.25, 0.3) is 0 Å². The molecule has 1 aliphatic carbocycles. The molecule has 0 bridgehead atoms. The van der Waals surface area contributed by atoms with E-state index in [2.05, 4.69) is 4.90 Å². The van der Waals surface area contributed by atoms with Crippen molar-refractivity contribution in [1.82, 2.24) is 4.90 Å². The molecular formula is C13H26N2O3S. The first-order valence-corrected chi connectivity index (χ1v) is 9.17. The fraction of sp³-hybridized carbons (Fsp3) is 1.00. The molecule has 2 fully saturated rings. The second kappa shape index (κ2) is 7.02. The van der Waals surface area contributed by atoms with Crippen molar-refractivity contribution >= 4 is 9.84 Å². The quantitative estimate of drug-likeness (QED) is 0.742. The lowest BCUT2D eigenvalue weighted by Gasteiger charge is -2.28. The van der Waals surface area contributed by atoms with E-state index < -0.39 is 9.84 Å². The molecule has 1 heterocycles. The first-order valence-electron chi connectivity index (χ1n) is 7.35. The number of hydrogen-bond donors (Lipinski definition) is 1. The molecule has 0 aromatic rings. The Bertz CT molecular complexity index is 350. The normalized spacial score (nSPS) is 32.3. The van der Waals surface area contributed by atoms with Gasteiger partial charge in [-0.2, -0.15) is 0 Å². The first kappa shape index (κ1) is 15.2. The first-order chi connectivity index (χ1) is 9.05. The van der Waals surface area contributed by atoms with E-state index in [1.807, 2.05) is 0 Å². The SMILES string of the molecule is NC1CCC(OCCCN2CCS(=O)(=O)CC2)CC1. The van der Waals surface area contributed by atoms with Gasteiger partial charge in [0.2, 0.25) is 0 Å². The molecular weight excluding hydrogens is 264 g/mol. The van der Waals surface area contributed by atoms with Crippen LogP contribution in [0.5, 0.6) is 0 Å². The highest BCUT2D eigenvalue weighted by molar-refractivity contribution is 7.91. The van der Waals surface area contributed by atoms with Crippen molar-refractivity contribution in [3.63, 3.8) is 0 Å². The molecule has 5 nitrogen and oxygen atoms in total. The maximum absolute atomic E-state index is 11.3. The molecule has 0 amide bonds. The largest absolute Gasteiger partial charge is 0.378 e. The number of hydrogen-bond acceptors (Lipinski definition) is 5. The molecule has 0 spiro atoms. The summed E-state index contributed by atoms with van der Waals surface area (Å²) in [6.45, 7) is 3.09. The molecule has 0 atom stereocenters. The molecule has 2 N–H and O–H groups in total. The minimum atomic E-state index is -2.75. The number of sulfone groups is 1.